The number of thioether (sulfide) groups is 1. The van der Waals surface area contributed by atoms with Gasteiger partial charge in [-0.25, -0.2) is 0 Å². The summed E-state index contributed by atoms with van der Waals surface area (Å²) < 4.78 is 7.36. The Morgan fingerprint density at radius 3 is 2.69 bits per heavy atom. The van der Waals surface area contributed by atoms with Crippen LogP contribution in [-0.2, 0) is 17.9 Å². The molecule has 1 atom stereocenters. The molecule has 136 valence electrons. The van der Waals surface area contributed by atoms with Gasteiger partial charge >= 0.3 is 0 Å². The lowest BCUT2D eigenvalue weighted by Crippen LogP contribution is -2.30. The van der Waals surface area contributed by atoms with E-state index in [1.54, 1.807) is 6.26 Å². The number of benzene rings is 1. The minimum atomic E-state index is -0.278. The van der Waals surface area contributed by atoms with Crippen molar-refractivity contribution >= 4 is 17.7 Å². The smallest absolute Gasteiger partial charge is 0.233 e. The second kappa shape index (κ2) is 8.23. The summed E-state index contributed by atoms with van der Waals surface area (Å²) in [5, 5.41) is 11.8. The van der Waals surface area contributed by atoms with Gasteiger partial charge in [-0.1, -0.05) is 41.6 Å². The number of nitrogens with one attached hydrogen (secondary N) is 1. The van der Waals surface area contributed by atoms with Crippen LogP contribution in [0.15, 0.2) is 52.2 Å². The van der Waals surface area contributed by atoms with Gasteiger partial charge in [0, 0.05) is 13.1 Å². The fraction of sp³-hybridized carbons (Fsp3) is 0.316. The molecule has 1 aromatic carbocycles. The predicted molar refractivity (Wildman–Crippen MR) is 102 cm³/mol. The van der Waals surface area contributed by atoms with Crippen LogP contribution < -0.4 is 5.32 Å². The third kappa shape index (κ3) is 4.16. The summed E-state index contributed by atoms with van der Waals surface area (Å²) in [6, 6.07) is 11.8. The van der Waals surface area contributed by atoms with Crippen molar-refractivity contribution in [2.24, 2.45) is 0 Å². The number of furan rings is 1. The summed E-state index contributed by atoms with van der Waals surface area (Å²) >= 11 is 1.39. The Morgan fingerprint density at radius 2 is 2.04 bits per heavy atom. The molecule has 1 amide bonds. The summed E-state index contributed by atoms with van der Waals surface area (Å²) in [7, 11) is 0. The summed E-state index contributed by atoms with van der Waals surface area (Å²) in [5.74, 6) is 1.32. The van der Waals surface area contributed by atoms with Gasteiger partial charge in [0.1, 0.15) is 0 Å². The molecule has 0 spiro atoms. The molecule has 0 aliphatic rings. The molecule has 0 fully saturated rings. The average Bonchev–Trinajstić information content (AvgIpc) is 3.30. The molecule has 2 aromatic heterocycles. The minimum Gasteiger partial charge on any atom is -0.461 e. The molecule has 0 bridgehead atoms. The SMILES string of the molecule is CCn1c(SC(C)C(=O)NCc2ccc(C)cc2)nnc1-c1ccco1. The van der Waals surface area contributed by atoms with Gasteiger partial charge < -0.3 is 9.73 Å². The third-order valence-electron chi connectivity index (χ3n) is 4.01. The average molecular weight is 370 g/mol. The Kier molecular flexibility index (Phi) is 5.78. The number of carbonyl (C=O) groups is 1. The molecule has 2 heterocycles. The van der Waals surface area contributed by atoms with E-state index in [4.69, 9.17) is 4.42 Å². The number of carbonyl (C=O) groups excluding carboxylic acids is 1. The Bertz CT molecular complexity index is 856. The molecular formula is C19H22N4O2S. The minimum absolute atomic E-state index is 0.0271. The zero-order valence-electron chi connectivity index (χ0n) is 15.1. The largest absolute Gasteiger partial charge is 0.461 e. The second-order valence-corrected chi connectivity index (χ2v) is 7.30. The molecule has 26 heavy (non-hydrogen) atoms. The lowest BCUT2D eigenvalue weighted by atomic mass is 10.1. The highest BCUT2D eigenvalue weighted by molar-refractivity contribution is 8.00. The van der Waals surface area contributed by atoms with E-state index >= 15 is 0 Å². The highest BCUT2D eigenvalue weighted by atomic mass is 32.2. The summed E-state index contributed by atoms with van der Waals surface area (Å²) in [5.41, 5.74) is 2.29. The standard InChI is InChI=1S/C19H22N4O2S/c1-4-23-17(16-6-5-11-25-16)21-22-19(23)26-14(3)18(24)20-12-15-9-7-13(2)8-10-15/h5-11,14H,4,12H2,1-3H3,(H,20,24). The van der Waals surface area contributed by atoms with Crippen LogP contribution in [-0.4, -0.2) is 25.9 Å². The van der Waals surface area contributed by atoms with E-state index in [2.05, 4.69) is 15.5 Å². The van der Waals surface area contributed by atoms with Gasteiger partial charge in [-0.05, 0) is 38.5 Å². The number of nitrogens with zero attached hydrogens (tertiary/aromatic N) is 3. The van der Waals surface area contributed by atoms with Crippen LogP contribution in [0.1, 0.15) is 25.0 Å². The normalized spacial score (nSPS) is 12.1. The third-order valence-corrected chi connectivity index (χ3v) is 5.09. The lowest BCUT2D eigenvalue weighted by Gasteiger charge is -2.12. The van der Waals surface area contributed by atoms with E-state index < -0.39 is 0 Å². The topological polar surface area (TPSA) is 73.0 Å². The molecule has 1 unspecified atom stereocenters. The number of aryl methyl sites for hydroxylation is 1. The number of amides is 1. The zero-order chi connectivity index (χ0) is 18.5. The fourth-order valence-corrected chi connectivity index (χ4v) is 3.44. The first-order valence-electron chi connectivity index (χ1n) is 8.55. The Balaban J connectivity index is 1.63. The van der Waals surface area contributed by atoms with E-state index in [0.29, 0.717) is 29.8 Å². The highest BCUT2D eigenvalue weighted by Crippen LogP contribution is 2.27. The summed E-state index contributed by atoms with van der Waals surface area (Å²) in [6.45, 7) is 7.14. The Morgan fingerprint density at radius 1 is 1.27 bits per heavy atom. The van der Waals surface area contributed by atoms with Crippen molar-refractivity contribution in [2.45, 2.75) is 44.3 Å². The van der Waals surface area contributed by atoms with Crippen molar-refractivity contribution in [1.82, 2.24) is 20.1 Å². The molecule has 1 N–H and O–H groups in total. The van der Waals surface area contributed by atoms with Gasteiger partial charge in [-0.2, -0.15) is 0 Å². The van der Waals surface area contributed by atoms with Crippen molar-refractivity contribution in [3.05, 3.63) is 53.8 Å². The maximum absolute atomic E-state index is 12.4. The lowest BCUT2D eigenvalue weighted by molar-refractivity contribution is -0.120. The fourth-order valence-electron chi connectivity index (χ4n) is 2.50. The summed E-state index contributed by atoms with van der Waals surface area (Å²) in [6.07, 6.45) is 1.61. The number of hydrogen-bond donors (Lipinski definition) is 1. The van der Waals surface area contributed by atoms with Crippen LogP contribution >= 0.6 is 11.8 Å². The van der Waals surface area contributed by atoms with Crippen LogP contribution in [0, 0.1) is 6.92 Å². The van der Waals surface area contributed by atoms with Crippen LogP contribution in [0.2, 0.25) is 0 Å². The number of aromatic nitrogens is 3. The maximum atomic E-state index is 12.4. The van der Waals surface area contributed by atoms with Crippen molar-refractivity contribution in [1.29, 1.82) is 0 Å². The zero-order valence-corrected chi connectivity index (χ0v) is 15.9. The van der Waals surface area contributed by atoms with Gasteiger partial charge in [0.05, 0.1) is 11.5 Å². The van der Waals surface area contributed by atoms with E-state index in [1.165, 1.54) is 17.3 Å². The quantitative estimate of drug-likeness (QED) is 0.643. The van der Waals surface area contributed by atoms with E-state index in [1.807, 2.05) is 61.7 Å². The molecule has 0 radical (unpaired) electrons. The first-order valence-corrected chi connectivity index (χ1v) is 9.43. The van der Waals surface area contributed by atoms with Crippen LogP contribution in [0.25, 0.3) is 11.6 Å². The Labute approximate surface area is 157 Å². The van der Waals surface area contributed by atoms with Crippen molar-refractivity contribution in [3.8, 4) is 11.6 Å². The summed E-state index contributed by atoms with van der Waals surface area (Å²) in [4.78, 5) is 12.4. The molecular weight excluding hydrogens is 348 g/mol. The van der Waals surface area contributed by atoms with Gasteiger partial charge in [0.15, 0.2) is 16.7 Å². The van der Waals surface area contributed by atoms with Gasteiger partial charge in [0.25, 0.3) is 0 Å². The Hall–Kier alpha value is -2.54. The van der Waals surface area contributed by atoms with Crippen LogP contribution in [0.4, 0.5) is 0 Å². The predicted octanol–water partition coefficient (Wildman–Crippen LogP) is 3.66. The van der Waals surface area contributed by atoms with Gasteiger partial charge in [-0.15, -0.1) is 10.2 Å². The highest BCUT2D eigenvalue weighted by Gasteiger charge is 2.21. The second-order valence-electron chi connectivity index (χ2n) is 5.99. The molecule has 7 heteroatoms. The first-order chi connectivity index (χ1) is 12.6. The monoisotopic (exact) mass is 370 g/mol. The molecule has 6 nitrogen and oxygen atoms in total. The van der Waals surface area contributed by atoms with Gasteiger partial charge in [0.2, 0.25) is 5.91 Å². The van der Waals surface area contributed by atoms with E-state index in [-0.39, 0.29) is 11.2 Å². The molecule has 3 rings (SSSR count). The first kappa shape index (κ1) is 18.3. The van der Waals surface area contributed by atoms with Crippen LogP contribution in [0.3, 0.4) is 0 Å². The molecule has 3 aromatic rings. The molecule has 0 aliphatic carbocycles. The van der Waals surface area contributed by atoms with Gasteiger partial charge in [-0.3, -0.25) is 9.36 Å². The van der Waals surface area contributed by atoms with E-state index in [9.17, 15) is 4.79 Å². The number of hydrogen-bond acceptors (Lipinski definition) is 5. The number of rotatable bonds is 7. The molecule has 0 saturated carbocycles. The molecule has 0 aliphatic heterocycles. The van der Waals surface area contributed by atoms with Crippen LogP contribution in [0.5, 0.6) is 0 Å². The van der Waals surface area contributed by atoms with Crippen molar-refractivity contribution < 1.29 is 9.21 Å². The molecule has 0 saturated heterocycles. The van der Waals surface area contributed by atoms with Crippen molar-refractivity contribution in [3.63, 3.8) is 0 Å². The van der Waals surface area contributed by atoms with E-state index in [0.717, 1.165) is 5.56 Å². The maximum Gasteiger partial charge on any atom is 0.233 e. The van der Waals surface area contributed by atoms with Crippen molar-refractivity contribution in [2.75, 3.05) is 0 Å².